The van der Waals surface area contributed by atoms with Crippen LogP contribution >= 0.6 is 11.6 Å². The summed E-state index contributed by atoms with van der Waals surface area (Å²) in [6, 6.07) is 11.6. The molecule has 6 rings (SSSR count). The van der Waals surface area contributed by atoms with Gasteiger partial charge in [0.1, 0.15) is 5.17 Å². The van der Waals surface area contributed by atoms with Gasteiger partial charge in [0.2, 0.25) is 0 Å². The van der Waals surface area contributed by atoms with Crippen molar-refractivity contribution >= 4 is 28.1 Å². The molecule has 4 atom stereocenters. The number of hydrogen-bond donors (Lipinski definition) is 0. The molecule has 3 nitrogen and oxygen atoms in total. The zero-order valence-electron chi connectivity index (χ0n) is 17.5. The maximum atomic E-state index is 6.48. The van der Waals surface area contributed by atoms with Gasteiger partial charge >= 0.3 is 0 Å². The third-order valence-corrected chi connectivity index (χ3v) is 8.91. The van der Waals surface area contributed by atoms with Crippen LogP contribution in [0.15, 0.2) is 29.3 Å². The quantitative estimate of drug-likeness (QED) is 0.582. The molecule has 4 fully saturated rings. The number of anilines is 1. The molecule has 0 spiro atoms. The van der Waals surface area contributed by atoms with Crippen LogP contribution in [-0.2, 0) is 0 Å². The minimum atomic E-state index is 0.607. The number of para-hydroxylation sites is 2. The molecule has 0 N–H and O–H groups in total. The fourth-order valence-corrected chi connectivity index (χ4v) is 7.92. The lowest BCUT2D eigenvalue weighted by molar-refractivity contribution is -0.0407. The minimum Gasteiger partial charge on any atom is -0.360 e. The van der Waals surface area contributed by atoms with E-state index in [2.05, 4.69) is 39.1 Å². The predicted octanol–water partition coefficient (Wildman–Crippen LogP) is 6.13. The van der Waals surface area contributed by atoms with Crippen molar-refractivity contribution < 1.29 is 0 Å². The molecular weight excluding hydrogens is 378 g/mol. The lowest BCUT2D eigenvalue weighted by atomic mass is 9.68. The number of fused-ring (bicyclic) bond motifs is 5. The van der Waals surface area contributed by atoms with Gasteiger partial charge in [-0.15, -0.1) is 0 Å². The van der Waals surface area contributed by atoms with Crippen LogP contribution in [0, 0.1) is 11.8 Å². The number of hydrogen-bond acceptors (Lipinski definition) is 3. The van der Waals surface area contributed by atoms with Crippen LogP contribution in [0.5, 0.6) is 0 Å². The van der Waals surface area contributed by atoms with E-state index in [0.717, 1.165) is 47.4 Å². The van der Waals surface area contributed by atoms with Gasteiger partial charge in [-0.1, -0.05) is 49.4 Å². The molecule has 0 radical (unpaired) electrons. The molecule has 156 valence electrons. The summed E-state index contributed by atoms with van der Waals surface area (Å²) in [7, 11) is 0. The highest BCUT2D eigenvalue weighted by atomic mass is 35.5. The van der Waals surface area contributed by atoms with E-state index < -0.39 is 0 Å². The van der Waals surface area contributed by atoms with Crippen molar-refractivity contribution in [3.05, 3.63) is 24.3 Å². The third-order valence-electron chi connectivity index (χ3n) is 8.70. The molecule has 2 saturated carbocycles. The lowest BCUT2D eigenvalue weighted by Crippen LogP contribution is -2.61. The van der Waals surface area contributed by atoms with Gasteiger partial charge < -0.3 is 4.90 Å². The number of rotatable bonds is 2. The van der Waals surface area contributed by atoms with Crippen molar-refractivity contribution in [1.82, 2.24) is 4.90 Å². The average Bonchev–Trinajstić information content (AvgIpc) is 2.72. The Labute approximate surface area is 180 Å². The van der Waals surface area contributed by atoms with E-state index in [4.69, 9.17) is 11.6 Å². The zero-order chi connectivity index (χ0) is 19.4. The van der Waals surface area contributed by atoms with Crippen LogP contribution in [0.2, 0.25) is 0 Å². The van der Waals surface area contributed by atoms with Crippen LogP contribution in [-0.4, -0.2) is 40.8 Å². The topological polar surface area (TPSA) is 18.8 Å². The lowest BCUT2D eigenvalue weighted by Gasteiger charge is -2.56. The second-order valence-corrected chi connectivity index (χ2v) is 10.9. The fourth-order valence-electron chi connectivity index (χ4n) is 7.70. The summed E-state index contributed by atoms with van der Waals surface area (Å²) < 4.78 is 0. The summed E-state index contributed by atoms with van der Waals surface area (Å²) in [6.07, 6.45) is 15.8. The smallest absolute Gasteiger partial charge is 0.126 e. The number of halogens is 1. The SMILES string of the molecule is ClC1=Nc2ccccc2N(C2CC3CCCC(C2)N3C2CC3CCCC(C3)C2)C1. The Kier molecular flexibility index (Phi) is 4.88. The third kappa shape index (κ3) is 3.43. The summed E-state index contributed by atoms with van der Waals surface area (Å²) in [5.74, 6) is 2.05. The Bertz CT molecular complexity index is 766. The van der Waals surface area contributed by atoms with Crippen molar-refractivity contribution in [3.8, 4) is 0 Å². The summed E-state index contributed by atoms with van der Waals surface area (Å²) in [5.41, 5.74) is 2.34. The Morgan fingerprint density at radius 3 is 2.21 bits per heavy atom. The maximum Gasteiger partial charge on any atom is 0.126 e. The molecule has 0 amide bonds. The van der Waals surface area contributed by atoms with Crippen LogP contribution < -0.4 is 4.90 Å². The van der Waals surface area contributed by atoms with Crippen LogP contribution in [0.1, 0.15) is 70.6 Å². The highest BCUT2D eigenvalue weighted by molar-refractivity contribution is 6.66. The molecule has 4 bridgehead atoms. The molecule has 4 heteroatoms. The number of piperidine rings is 2. The highest BCUT2D eigenvalue weighted by Gasteiger charge is 2.46. The second-order valence-electron chi connectivity index (χ2n) is 10.4. The minimum absolute atomic E-state index is 0.607. The molecule has 1 aromatic carbocycles. The van der Waals surface area contributed by atoms with E-state index in [1.54, 1.807) is 0 Å². The van der Waals surface area contributed by atoms with Crippen molar-refractivity contribution in [2.75, 3.05) is 11.4 Å². The van der Waals surface area contributed by atoms with Gasteiger partial charge in [-0.05, 0) is 68.9 Å². The van der Waals surface area contributed by atoms with Gasteiger partial charge in [-0.2, -0.15) is 0 Å². The normalized spacial score (nSPS) is 39.6. The predicted molar refractivity (Wildman–Crippen MR) is 121 cm³/mol. The molecule has 4 unspecified atom stereocenters. The average molecular weight is 412 g/mol. The Hall–Kier alpha value is -1.06. The number of benzene rings is 1. The fraction of sp³-hybridized carbons (Fsp3) is 0.720. The van der Waals surface area contributed by atoms with Gasteiger partial charge in [0, 0.05) is 24.2 Å². The van der Waals surface area contributed by atoms with E-state index >= 15 is 0 Å². The summed E-state index contributed by atoms with van der Waals surface area (Å²) in [6.45, 7) is 0.788. The largest absolute Gasteiger partial charge is 0.360 e. The standard InChI is InChI=1S/C25H34ClN3/c26-25-16-28(24-10-2-1-9-23(24)27-25)21-14-19-7-4-8-20(15-21)29(19)22-12-17-5-3-6-18(11-17)13-22/h1-2,9-10,17-22H,3-8,11-16H2. The van der Waals surface area contributed by atoms with Crippen molar-refractivity contribution in [1.29, 1.82) is 0 Å². The summed E-state index contributed by atoms with van der Waals surface area (Å²) in [5, 5.41) is 0.747. The van der Waals surface area contributed by atoms with Gasteiger partial charge in [-0.3, -0.25) is 4.90 Å². The Morgan fingerprint density at radius 1 is 0.759 bits per heavy atom. The molecule has 3 aliphatic heterocycles. The summed E-state index contributed by atoms with van der Waals surface area (Å²) >= 11 is 6.48. The monoisotopic (exact) mass is 411 g/mol. The van der Waals surface area contributed by atoms with Crippen LogP contribution in [0.25, 0.3) is 0 Å². The zero-order valence-corrected chi connectivity index (χ0v) is 18.2. The van der Waals surface area contributed by atoms with Crippen molar-refractivity contribution in [2.45, 2.75) is 94.8 Å². The summed E-state index contributed by atoms with van der Waals surface area (Å²) in [4.78, 5) is 10.3. The Morgan fingerprint density at radius 2 is 1.45 bits per heavy atom. The van der Waals surface area contributed by atoms with Crippen LogP contribution in [0.4, 0.5) is 11.4 Å². The van der Waals surface area contributed by atoms with Gasteiger partial charge in [0.15, 0.2) is 0 Å². The molecule has 3 heterocycles. The second kappa shape index (κ2) is 7.57. The molecule has 0 aromatic heterocycles. The van der Waals surface area contributed by atoms with E-state index in [1.165, 1.54) is 76.3 Å². The number of aliphatic imine (C=N–C) groups is 1. The van der Waals surface area contributed by atoms with Crippen LogP contribution in [0.3, 0.4) is 0 Å². The molecule has 29 heavy (non-hydrogen) atoms. The molecule has 1 aromatic rings. The first-order valence-corrected chi connectivity index (χ1v) is 12.5. The van der Waals surface area contributed by atoms with Gasteiger partial charge in [0.25, 0.3) is 0 Å². The van der Waals surface area contributed by atoms with E-state index in [1.807, 2.05) is 0 Å². The van der Waals surface area contributed by atoms with E-state index in [-0.39, 0.29) is 0 Å². The maximum absolute atomic E-state index is 6.48. The molecule has 5 aliphatic rings. The molecule has 2 aliphatic carbocycles. The highest BCUT2D eigenvalue weighted by Crippen LogP contribution is 2.47. The van der Waals surface area contributed by atoms with Gasteiger partial charge in [0.05, 0.1) is 17.9 Å². The van der Waals surface area contributed by atoms with Gasteiger partial charge in [-0.25, -0.2) is 4.99 Å². The first kappa shape index (κ1) is 18.7. The van der Waals surface area contributed by atoms with Crippen molar-refractivity contribution in [3.63, 3.8) is 0 Å². The molecule has 2 saturated heterocycles. The number of nitrogens with zero attached hydrogens (tertiary/aromatic N) is 3. The Balaban J connectivity index is 1.24. The van der Waals surface area contributed by atoms with E-state index in [0.29, 0.717) is 6.04 Å². The first-order chi connectivity index (χ1) is 14.2. The van der Waals surface area contributed by atoms with Crippen molar-refractivity contribution in [2.24, 2.45) is 16.8 Å². The van der Waals surface area contributed by atoms with E-state index in [9.17, 15) is 0 Å². The molecular formula is C25H34ClN3. The first-order valence-electron chi connectivity index (χ1n) is 12.1.